The number of hydrogen-bond acceptors (Lipinski definition) is 6. The Hall–Kier alpha value is -1.68. The van der Waals surface area contributed by atoms with Gasteiger partial charge in [0.2, 0.25) is 10.0 Å². The van der Waals surface area contributed by atoms with Crippen LogP contribution < -0.4 is 10.5 Å². The van der Waals surface area contributed by atoms with Gasteiger partial charge in [0, 0.05) is 6.54 Å². The summed E-state index contributed by atoms with van der Waals surface area (Å²) in [4.78, 5) is 11.4. The molecule has 1 rings (SSSR count). The molecule has 8 nitrogen and oxygen atoms in total. The lowest BCUT2D eigenvalue weighted by Crippen LogP contribution is -2.38. The molecule has 0 aliphatic rings. The highest BCUT2D eigenvalue weighted by molar-refractivity contribution is 7.89. The second-order valence-electron chi connectivity index (χ2n) is 6.01. The number of ether oxygens (including phenoxy) is 1. The largest absolute Gasteiger partial charge is 0.444 e. The Kier molecular flexibility index (Phi) is 6.11. The molecule has 0 saturated heterocycles. The van der Waals surface area contributed by atoms with Crippen LogP contribution in [0.5, 0.6) is 0 Å². The summed E-state index contributed by atoms with van der Waals surface area (Å²) in [6, 6.07) is 5.12. The van der Waals surface area contributed by atoms with Gasteiger partial charge in [0.25, 0.3) is 0 Å². The number of sulfonamides is 1. The quantitative estimate of drug-likeness (QED) is 0.603. The van der Waals surface area contributed by atoms with Gasteiger partial charge >= 0.3 is 6.09 Å². The fourth-order valence-corrected chi connectivity index (χ4v) is 2.21. The van der Waals surface area contributed by atoms with E-state index in [-0.39, 0.29) is 17.0 Å². The molecule has 0 aliphatic heterocycles. The molecule has 1 aromatic rings. The smallest absolute Gasteiger partial charge is 0.407 e. The molecular formula is C14H22N2O6S. The average molecular weight is 346 g/mol. The number of amides is 1. The molecule has 0 bridgehead atoms. The van der Waals surface area contributed by atoms with Crippen molar-refractivity contribution in [2.75, 3.05) is 6.54 Å². The van der Waals surface area contributed by atoms with Crippen molar-refractivity contribution < 1.29 is 28.2 Å². The van der Waals surface area contributed by atoms with Crippen molar-refractivity contribution in [3.63, 3.8) is 0 Å². The van der Waals surface area contributed by atoms with Gasteiger partial charge in [0.05, 0.1) is 4.90 Å². The SMILES string of the molecule is CC(C)(C)OC(=O)NCC(O)C(O)c1ccc(S(N)(=O)=O)cc1. The molecule has 9 heteroatoms. The summed E-state index contributed by atoms with van der Waals surface area (Å²) in [7, 11) is -3.82. The Morgan fingerprint density at radius 3 is 2.22 bits per heavy atom. The molecule has 130 valence electrons. The van der Waals surface area contributed by atoms with E-state index >= 15 is 0 Å². The summed E-state index contributed by atoms with van der Waals surface area (Å²) in [6.45, 7) is 4.87. The van der Waals surface area contributed by atoms with E-state index in [2.05, 4.69) is 5.32 Å². The van der Waals surface area contributed by atoms with Gasteiger partial charge in [-0.1, -0.05) is 12.1 Å². The molecule has 0 heterocycles. The highest BCUT2D eigenvalue weighted by Crippen LogP contribution is 2.18. The van der Waals surface area contributed by atoms with Gasteiger partial charge < -0.3 is 20.3 Å². The van der Waals surface area contributed by atoms with Crippen molar-refractivity contribution in [2.45, 2.75) is 43.5 Å². The fourth-order valence-electron chi connectivity index (χ4n) is 1.69. The van der Waals surface area contributed by atoms with Crippen molar-refractivity contribution in [3.8, 4) is 0 Å². The van der Waals surface area contributed by atoms with Crippen LogP contribution in [0.3, 0.4) is 0 Å². The molecule has 0 aliphatic carbocycles. The molecule has 2 atom stereocenters. The fraction of sp³-hybridized carbons (Fsp3) is 0.500. The van der Waals surface area contributed by atoms with Crippen molar-refractivity contribution in [1.29, 1.82) is 0 Å². The zero-order valence-electron chi connectivity index (χ0n) is 13.2. The van der Waals surface area contributed by atoms with E-state index in [0.29, 0.717) is 0 Å². The summed E-state index contributed by atoms with van der Waals surface area (Å²) < 4.78 is 27.3. The lowest BCUT2D eigenvalue weighted by molar-refractivity contribution is 0.0129. The maximum Gasteiger partial charge on any atom is 0.407 e. The predicted molar refractivity (Wildman–Crippen MR) is 83.0 cm³/mol. The number of aliphatic hydroxyl groups excluding tert-OH is 2. The lowest BCUT2D eigenvalue weighted by atomic mass is 10.0. The Bertz CT molecular complexity index is 636. The molecule has 2 unspecified atom stereocenters. The summed E-state index contributed by atoms with van der Waals surface area (Å²) >= 11 is 0. The molecule has 0 fully saturated rings. The van der Waals surface area contributed by atoms with E-state index in [0.717, 1.165) is 0 Å². The van der Waals surface area contributed by atoms with Gasteiger partial charge in [0.1, 0.15) is 17.8 Å². The van der Waals surface area contributed by atoms with Crippen LogP contribution in [-0.4, -0.2) is 43.0 Å². The minimum atomic E-state index is -3.82. The normalized spacial score (nSPS) is 14.9. The van der Waals surface area contributed by atoms with Crippen molar-refractivity contribution in [1.82, 2.24) is 5.32 Å². The highest BCUT2D eigenvalue weighted by atomic mass is 32.2. The Morgan fingerprint density at radius 2 is 1.78 bits per heavy atom. The van der Waals surface area contributed by atoms with Gasteiger partial charge in [-0.15, -0.1) is 0 Å². The number of hydrogen-bond donors (Lipinski definition) is 4. The van der Waals surface area contributed by atoms with Crippen LogP contribution in [0.2, 0.25) is 0 Å². The monoisotopic (exact) mass is 346 g/mol. The maximum absolute atomic E-state index is 11.5. The topological polar surface area (TPSA) is 139 Å². The number of carbonyl (C=O) groups is 1. The molecule has 0 saturated carbocycles. The van der Waals surface area contributed by atoms with Crippen LogP contribution in [-0.2, 0) is 14.8 Å². The first kappa shape index (κ1) is 19.4. The number of benzene rings is 1. The number of nitrogens with one attached hydrogen (secondary N) is 1. The van der Waals surface area contributed by atoms with Gasteiger partial charge in [-0.05, 0) is 38.5 Å². The molecular weight excluding hydrogens is 324 g/mol. The molecule has 0 spiro atoms. The Morgan fingerprint density at radius 1 is 1.26 bits per heavy atom. The van der Waals surface area contributed by atoms with Gasteiger partial charge in [-0.2, -0.15) is 0 Å². The third kappa shape index (κ3) is 6.53. The van der Waals surface area contributed by atoms with E-state index in [1.54, 1.807) is 20.8 Å². The molecule has 0 aromatic heterocycles. The van der Waals surface area contributed by atoms with Crippen molar-refractivity contribution in [3.05, 3.63) is 29.8 Å². The molecule has 1 amide bonds. The Labute approximate surface area is 135 Å². The number of alkyl carbamates (subject to hydrolysis) is 1. The number of nitrogens with two attached hydrogens (primary N) is 1. The first-order chi connectivity index (χ1) is 10.4. The van der Waals surface area contributed by atoms with Gasteiger partial charge in [-0.25, -0.2) is 18.4 Å². The predicted octanol–water partition coefficient (Wildman–Crippen LogP) is 0.253. The summed E-state index contributed by atoms with van der Waals surface area (Å²) in [5, 5.41) is 27.2. The van der Waals surface area contributed by atoms with E-state index in [1.165, 1.54) is 24.3 Å². The highest BCUT2D eigenvalue weighted by Gasteiger charge is 2.22. The van der Waals surface area contributed by atoms with E-state index in [4.69, 9.17) is 9.88 Å². The maximum atomic E-state index is 11.5. The van der Waals surface area contributed by atoms with Gasteiger partial charge in [-0.3, -0.25) is 0 Å². The van der Waals surface area contributed by atoms with Crippen LogP contribution in [0.1, 0.15) is 32.4 Å². The number of carbonyl (C=O) groups excluding carboxylic acids is 1. The van der Waals surface area contributed by atoms with Crippen molar-refractivity contribution >= 4 is 16.1 Å². The van der Waals surface area contributed by atoms with Crippen LogP contribution in [0.15, 0.2) is 29.2 Å². The molecule has 0 radical (unpaired) electrons. The molecule has 5 N–H and O–H groups in total. The summed E-state index contributed by atoms with van der Waals surface area (Å²) in [6.07, 6.45) is -3.31. The number of primary sulfonamides is 1. The van der Waals surface area contributed by atoms with E-state index in [9.17, 15) is 23.4 Å². The summed E-state index contributed by atoms with van der Waals surface area (Å²) in [5.41, 5.74) is -0.382. The van der Waals surface area contributed by atoms with Crippen LogP contribution in [0.25, 0.3) is 0 Å². The van der Waals surface area contributed by atoms with Gasteiger partial charge in [0.15, 0.2) is 0 Å². The molecule has 1 aromatic carbocycles. The second-order valence-corrected chi connectivity index (χ2v) is 7.57. The van der Waals surface area contributed by atoms with E-state index < -0.39 is 33.9 Å². The number of rotatable bonds is 5. The van der Waals surface area contributed by atoms with Crippen molar-refractivity contribution in [2.24, 2.45) is 5.14 Å². The number of aliphatic hydroxyl groups is 2. The Balaban J connectivity index is 2.63. The standard InChI is InChI=1S/C14H22N2O6S/c1-14(2,3)22-13(19)16-8-11(17)12(18)9-4-6-10(7-5-9)23(15,20)21/h4-7,11-12,17-18H,8H2,1-3H3,(H,16,19)(H2,15,20,21). The first-order valence-electron chi connectivity index (χ1n) is 6.86. The van der Waals surface area contributed by atoms with Crippen LogP contribution in [0, 0.1) is 0 Å². The average Bonchev–Trinajstić information content (AvgIpc) is 2.41. The first-order valence-corrected chi connectivity index (χ1v) is 8.40. The van der Waals surface area contributed by atoms with E-state index in [1.807, 2.05) is 0 Å². The third-order valence-corrected chi connectivity index (χ3v) is 3.70. The molecule has 23 heavy (non-hydrogen) atoms. The van der Waals surface area contributed by atoms with Crippen LogP contribution in [0.4, 0.5) is 4.79 Å². The zero-order chi connectivity index (χ0) is 17.8. The van der Waals surface area contributed by atoms with Crippen LogP contribution >= 0.6 is 0 Å². The second kappa shape index (κ2) is 7.26. The third-order valence-electron chi connectivity index (χ3n) is 2.77. The zero-order valence-corrected chi connectivity index (χ0v) is 14.0. The minimum absolute atomic E-state index is 0.102. The summed E-state index contributed by atoms with van der Waals surface area (Å²) in [5.74, 6) is 0. The lowest BCUT2D eigenvalue weighted by Gasteiger charge is -2.22. The minimum Gasteiger partial charge on any atom is -0.444 e.